The quantitative estimate of drug-likeness (QED) is 0.253. The largest absolute Gasteiger partial charge is 0.497 e. The molecule has 0 unspecified atom stereocenters. The number of benzene rings is 4. The standard InChI is InChI=1S/C29H28N2O4S2/c1-21-19-22(20-36-26-7-5-4-6-8-26)9-18-28(21)30-29(32)23-10-12-24(13-11-23)31(2)37(33,34)27-16-14-25(35-3)15-17-27/h4-19H,20H2,1-3H3,(H,30,32). The number of amides is 1. The molecule has 37 heavy (non-hydrogen) atoms. The molecule has 6 nitrogen and oxygen atoms in total. The summed E-state index contributed by atoms with van der Waals surface area (Å²) in [6.45, 7) is 1.97. The van der Waals surface area contributed by atoms with Gasteiger partial charge in [-0.05, 0) is 84.8 Å². The predicted molar refractivity (Wildman–Crippen MR) is 150 cm³/mol. The zero-order chi connectivity index (χ0) is 26.4. The number of carbonyl (C=O) groups is 1. The Hall–Kier alpha value is -3.75. The Morgan fingerprint density at radius 2 is 1.59 bits per heavy atom. The fourth-order valence-corrected chi connectivity index (χ4v) is 5.76. The first-order valence-electron chi connectivity index (χ1n) is 11.6. The number of hydrogen-bond acceptors (Lipinski definition) is 5. The lowest BCUT2D eigenvalue weighted by Gasteiger charge is -2.20. The third-order valence-corrected chi connectivity index (χ3v) is 8.78. The summed E-state index contributed by atoms with van der Waals surface area (Å²) >= 11 is 1.76. The number of aryl methyl sites for hydroxylation is 1. The van der Waals surface area contributed by atoms with E-state index in [9.17, 15) is 13.2 Å². The first-order valence-corrected chi connectivity index (χ1v) is 14.0. The highest BCUT2D eigenvalue weighted by atomic mass is 32.2. The van der Waals surface area contributed by atoms with Gasteiger partial charge in [-0.2, -0.15) is 0 Å². The smallest absolute Gasteiger partial charge is 0.264 e. The Labute approximate surface area is 222 Å². The molecule has 0 spiro atoms. The molecule has 0 bridgehead atoms. The number of sulfonamides is 1. The highest BCUT2D eigenvalue weighted by Crippen LogP contribution is 2.26. The van der Waals surface area contributed by atoms with Gasteiger partial charge in [0.15, 0.2) is 0 Å². The zero-order valence-electron chi connectivity index (χ0n) is 20.8. The number of hydrogen-bond donors (Lipinski definition) is 1. The van der Waals surface area contributed by atoms with Crippen LogP contribution in [-0.4, -0.2) is 28.5 Å². The Morgan fingerprint density at radius 1 is 0.919 bits per heavy atom. The molecule has 0 heterocycles. The maximum Gasteiger partial charge on any atom is 0.264 e. The lowest BCUT2D eigenvalue weighted by atomic mass is 10.1. The van der Waals surface area contributed by atoms with Crippen molar-refractivity contribution in [3.05, 3.63) is 114 Å². The summed E-state index contributed by atoms with van der Waals surface area (Å²) in [6, 6.07) is 28.9. The number of methoxy groups -OCH3 is 1. The van der Waals surface area contributed by atoms with E-state index in [-0.39, 0.29) is 10.8 Å². The highest BCUT2D eigenvalue weighted by molar-refractivity contribution is 7.98. The van der Waals surface area contributed by atoms with Crippen LogP contribution in [0.25, 0.3) is 0 Å². The van der Waals surface area contributed by atoms with Crippen LogP contribution in [0.4, 0.5) is 11.4 Å². The predicted octanol–water partition coefficient (Wildman–Crippen LogP) is 6.37. The summed E-state index contributed by atoms with van der Waals surface area (Å²) in [5.74, 6) is 1.16. The molecule has 4 aromatic rings. The molecule has 0 saturated carbocycles. The second-order valence-electron chi connectivity index (χ2n) is 8.40. The summed E-state index contributed by atoms with van der Waals surface area (Å²) in [5.41, 5.74) is 3.77. The van der Waals surface area contributed by atoms with Crippen LogP contribution in [0.5, 0.6) is 5.75 Å². The summed E-state index contributed by atoms with van der Waals surface area (Å²) < 4.78 is 32.3. The van der Waals surface area contributed by atoms with E-state index in [1.807, 2.05) is 37.3 Å². The third kappa shape index (κ3) is 6.34. The van der Waals surface area contributed by atoms with Crippen LogP contribution in [0, 0.1) is 6.92 Å². The number of rotatable bonds is 9. The SMILES string of the molecule is COc1ccc(S(=O)(=O)N(C)c2ccc(C(=O)Nc3ccc(CSc4ccccc4)cc3C)cc2)cc1. The van der Waals surface area contributed by atoms with Crippen LogP contribution in [0.15, 0.2) is 107 Å². The summed E-state index contributed by atoms with van der Waals surface area (Å²) in [7, 11) is -0.750. The number of thioether (sulfide) groups is 1. The highest BCUT2D eigenvalue weighted by Gasteiger charge is 2.21. The third-order valence-electron chi connectivity index (χ3n) is 5.90. The molecule has 1 N–H and O–H groups in total. The van der Waals surface area contributed by atoms with Gasteiger partial charge in [-0.15, -0.1) is 11.8 Å². The van der Waals surface area contributed by atoms with Gasteiger partial charge < -0.3 is 10.1 Å². The van der Waals surface area contributed by atoms with Crippen molar-refractivity contribution < 1.29 is 17.9 Å². The van der Waals surface area contributed by atoms with Gasteiger partial charge in [0, 0.05) is 28.9 Å². The van der Waals surface area contributed by atoms with Gasteiger partial charge in [0.05, 0.1) is 17.7 Å². The number of nitrogens with one attached hydrogen (secondary N) is 1. The molecule has 4 aromatic carbocycles. The first kappa shape index (κ1) is 26.3. The fraction of sp³-hybridized carbons (Fsp3) is 0.138. The molecule has 0 aliphatic carbocycles. The Kier molecular flexibility index (Phi) is 8.21. The van der Waals surface area contributed by atoms with Gasteiger partial charge in [-0.1, -0.05) is 30.3 Å². The van der Waals surface area contributed by atoms with E-state index in [1.165, 1.54) is 41.1 Å². The minimum Gasteiger partial charge on any atom is -0.497 e. The molecule has 0 aliphatic heterocycles. The molecule has 1 amide bonds. The molecule has 0 aliphatic rings. The van der Waals surface area contributed by atoms with Gasteiger partial charge in [0.25, 0.3) is 15.9 Å². The van der Waals surface area contributed by atoms with Crippen molar-refractivity contribution in [2.75, 3.05) is 23.8 Å². The minimum atomic E-state index is -3.76. The normalized spacial score (nSPS) is 11.1. The van der Waals surface area contributed by atoms with Crippen LogP contribution in [0.2, 0.25) is 0 Å². The summed E-state index contributed by atoms with van der Waals surface area (Å²) in [4.78, 5) is 14.2. The zero-order valence-corrected chi connectivity index (χ0v) is 22.5. The van der Waals surface area contributed by atoms with Crippen molar-refractivity contribution in [2.45, 2.75) is 22.5 Å². The molecule has 0 radical (unpaired) electrons. The molecular weight excluding hydrogens is 504 g/mol. The number of nitrogens with zero attached hydrogens (tertiary/aromatic N) is 1. The van der Waals surface area contributed by atoms with E-state index in [0.717, 1.165) is 17.0 Å². The monoisotopic (exact) mass is 532 g/mol. The first-order chi connectivity index (χ1) is 17.8. The number of ether oxygens (including phenoxy) is 1. The number of carbonyl (C=O) groups excluding carboxylic acids is 1. The van der Waals surface area contributed by atoms with Crippen LogP contribution >= 0.6 is 11.8 Å². The van der Waals surface area contributed by atoms with Crippen molar-refractivity contribution in [1.82, 2.24) is 0 Å². The van der Waals surface area contributed by atoms with E-state index < -0.39 is 10.0 Å². The molecule has 0 aromatic heterocycles. The Morgan fingerprint density at radius 3 is 2.22 bits per heavy atom. The number of anilines is 2. The average molecular weight is 533 g/mol. The van der Waals surface area contributed by atoms with Crippen molar-refractivity contribution in [3.8, 4) is 5.75 Å². The van der Waals surface area contributed by atoms with Crippen molar-refractivity contribution in [2.24, 2.45) is 0 Å². The molecule has 8 heteroatoms. The molecule has 190 valence electrons. The molecule has 0 atom stereocenters. The Bertz CT molecular complexity index is 1470. The maximum atomic E-state index is 13.0. The van der Waals surface area contributed by atoms with Crippen LogP contribution in [0.1, 0.15) is 21.5 Å². The minimum absolute atomic E-state index is 0.152. The van der Waals surface area contributed by atoms with E-state index in [1.54, 1.807) is 48.2 Å². The molecule has 0 saturated heterocycles. The maximum absolute atomic E-state index is 13.0. The summed E-state index contributed by atoms with van der Waals surface area (Å²) in [6.07, 6.45) is 0. The van der Waals surface area contributed by atoms with E-state index >= 15 is 0 Å². The topological polar surface area (TPSA) is 75.7 Å². The average Bonchev–Trinajstić information content (AvgIpc) is 2.93. The van der Waals surface area contributed by atoms with Crippen LogP contribution in [0.3, 0.4) is 0 Å². The lowest BCUT2D eigenvalue weighted by Crippen LogP contribution is -2.26. The Balaban J connectivity index is 1.40. The second-order valence-corrected chi connectivity index (χ2v) is 11.4. The van der Waals surface area contributed by atoms with E-state index in [0.29, 0.717) is 17.0 Å². The van der Waals surface area contributed by atoms with E-state index in [2.05, 4.69) is 23.5 Å². The van der Waals surface area contributed by atoms with Gasteiger partial charge >= 0.3 is 0 Å². The van der Waals surface area contributed by atoms with Crippen molar-refractivity contribution in [3.63, 3.8) is 0 Å². The second kappa shape index (κ2) is 11.5. The molecule has 0 fully saturated rings. The van der Waals surface area contributed by atoms with Gasteiger partial charge in [0.1, 0.15) is 5.75 Å². The van der Waals surface area contributed by atoms with Gasteiger partial charge in [-0.3, -0.25) is 9.10 Å². The molecular formula is C29H28N2O4S2. The van der Waals surface area contributed by atoms with Crippen molar-refractivity contribution in [1.29, 1.82) is 0 Å². The van der Waals surface area contributed by atoms with Crippen LogP contribution in [-0.2, 0) is 15.8 Å². The van der Waals surface area contributed by atoms with Gasteiger partial charge in [-0.25, -0.2) is 8.42 Å². The lowest BCUT2D eigenvalue weighted by molar-refractivity contribution is 0.102. The van der Waals surface area contributed by atoms with Gasteiger partial charge in [0.2, 0.25) is 0 Å². The molecule has 4 rings (SSSR count). The van der Waals surface area contributed by atoms with Crippen molar-refractivity contribution >= 4 is 39.1 Å². The summed E-state index contributed by atoms with van der Waals surface area (Å²) in [5, 5.41) is 2.95. The fourth-order valence-electron chi connectivity index (χ4n) is 3.70. The van der Waals surface area contributed by atoms with E-state index in [4.69, 9.17) is 4.74 Å². The van der Waals surface area contributed by atoms with Crippen LogP contribution < -0.4 is 14.4 Å².